The second kappa shape index (κ2) is 9.79. The van der Waals surface area contributed by atoms with Crippen molar-refractivity contribution in [2.45, 2.75) is 19.8 Å². The first kappa shape index (κ1) is 21.1. The first-order chi connectivity index (χ1) is 15.7. The Hall–Kier alpha value is -4.12. The molecule has 0 bridgehead atoms. The first-order valence-electron chi connectivity index (χ1n) is 10.5. The zero-order valence-corrected chi connectivity index (χ0v) is 18.1. The van der Waals surface area contributed by atoms with E-state index in [1.807, 2.05) is 71.8 Å². The average Bonchev–Trinajstić information content (AvgIpc) is 3.30. The lowest BCUT2D eigenvalue weighted by Gasteiger charge is -2.20. The minimum Gasteiger partial charge on any atom is -0.450 e. The highest BCUT2D eigenvalue weighted by molar-refractivity contribution is 5.94. The maximum atomic E-state index is 11.6. The summed E-state index contributed by atoms with van der Waals surface area (Å²) in [6.45, 7) is 2.68. The summed E-state index contributed by atoms with van der Waals surface area (Å²) in [7, 11) is 1.98. The highest BCUT2D eigenvalue weighted by Crippen LogP contribution is 2.30. The number of para-hydroxylation sites is 1. The van der Waals surface area contributed by atoms with Crippen LogP contribution in [0.15, 0.2) is 54.9 Å². The number of fused-ring (bicyclic) bond motifs is 3. The molecule has 32 heavy (non-hydrogen) atoms. The largest absolute Gasteiger partial charge is 0.450 e. The molecule has 2 heterocycles. The molecule has 8 nitrogen and oxygen atoms in total. The third kappa shape index (κ3) is 4.62. The second-order valence-electron chi connectivity index (χ2n) is 7.21. The molecular weight excluding hydrogens is 404 g/mol. The predicted octanol–water partition coefficient (Wildman–Crippen LogP) is 3.92. The minimum atomic E-state index is -0.447. The fraction of sp³-hybridized carbons (Fsp3) is 0.250. The summed E-state index contributed by atoms with van der Waals surface area (Å²) in [5.74, 6) is 7.34. The number of carbonyl (C=O) groups excluding carboxylic acids is 1. The Labute approximate surface area is 186 Å². The minimum absolute atomic E-state index is 0.212. The third-order valence-electron chi connectivity index (χ3n) is 4.98. The van der Waals surface area contributed by atoms with Crippen LogP contribution in [0.1, 0.15) is 25.3 Å². The smallest absolute Gasteiger partial charge is 0.407 e. The van der Waals surface area contributed by atoms with Gasteiger partial charge in [0.25, 0.3) is 5.78 Å². The van der Waals surface area contributed by atoms with Gasteiger partial charge >= 0.3 is 6.09 Å². The second-order valence-corrected chi connectivity index (χ2v) is 7.21. The van der Waals surface area contributed by atoms with E-state index in [9.17, 15) is 4.79 Å². The standard InChI is InChI=1S/C24H24N6O2/c1-3-4-15-32-24(31)25-14-8-9-18-12-13-20-21(16-18)30-17-26-28-23(30)27-22(20)29(2)19-10-6-5-7-11-19/h5-7,10-13,16-17H,3-4,14-15H2,1-2H3,(H,25,31). The molecule has 0 aliphatic rings. The van der Waals surface area contributed by atoms with Gasteiger partial charge in [-0.2, -0.15) is 4.98 Å². The number of rotatable bonds is 6. The highest BCUT2D eigenvalue weighted by Gasteiger charge is 2.14. The van der Waals surface area contributed by atoms with E-state index in [1.165, 1.54) is 0 Å². The van der Waals surface area contributed by atoms with Crippen molar-refractivity contribution in [3.63, 3.8) is 0 Å². The zero-order valence-electron chi connectivity index (χ0n) is 18.1. The molecule has 0 spiro atoms. The van der Waals surface area contributed by atoms with E-state index in [0.717, 1.165) is 40.8 Å². The van der Waals surface area contributed by atoms with Gasteiger partial charge in [-0.15, -0.1) is 10.2 Å². The van der Waals surface area contributed by atoms with Crippen LogP contribution >= 0.6 is 0 Å². The van der Waals surface area contributed by atoms with Gasteiger partial charge in [0, 0.05) is 23.7 Å². The monoisotopic (exact) mass is 428 g/mol. The number of carbonyl (C=O) groups is 1. The lowest BCUT2D eigenvalue weighted by atomic mass is 10.1. The molecule has 0 atom stereocenters. The molecule has 0 fully saturated rings. The van der Waals surface area contributed by atoms with E-state index in [0.29, 0.717) is 12.4 Å². The number of anilines is 2. The molecule has 1 N–H and O–H groups in total. The maximum absolute atomic E-state index is 11.6. The zero-order chi connectivity index (χ0) is 22.3. The first-order valence-corrected chi connectivity index (χ1v) is 10.5. The Kier molecular flexibility index (Phi) is 6.46. The van der Waals surface area contributed by atoms with E-state index < -0.39 is 6.09 Å². The van der Waals surface area contributed by atoms with Crippen LogP contribution in [0.2, 0.25) is 0 Å². The van der Waals surface area contributed by atoms with Crippen molar-refractivity contribution in [3.8, 4) is 11.8 Å². The highest BCUT2D eigenvalue weighted by atomic mass is 16.5. The molecule has 8 heteroatoms. The number of ether oxygens (including phenoxy) is 1. The molecule has 4 aromatic rings. The Morgan fingerprint density at radius 2 is 2.06 bits per heavy atom. The van der Waals surface area contributed by atoms with Crippen LogP contribution in [0, 0.1) is 11.8 Å². The van der Waals surface area contributed by atoms with Gasteiger partial charge in [-0.05, 0) is 36.8 Å². The van der Waals surface area contributed by atoms with Crippen LogP contribution in [0.4, 0.5) is 16.3 Å². The fourth-order valence-corrected chi connectivity index (χ4v) is 3.28. The normalized spacial score (nSPS) is 10.6. The summed E-state index contributed by atoms with van der Waals surface area (Å²) in [6.07, 6.45) is 3.02. The lowest BCUT2D eigenvalue weighted by Crippen LogP contribution is -2.24. The summed E-state index contributed by atoms with van der Waals surface area (Å²) >= 11 is 0. The van der Waals surface area contributed by atoms with Crippen LogP contribution in [-0.2, 0) is 4.74 Å². The van der Waals surface area contributed by atoms with Gasteiger partial charge in [-0.1, -0.05) is 43.4 Å². The molecule has 2 aromatic heterocycles. The molecule has 1 amide bonds. The van der Waals surface area contributed by atoms with Gasteiger partial charge in [-0.25, -0.2) is 4.79 Å². The van der Waals surface area contributed by atoms with Gasteiger partial charge < -0.3 is 15.0 Å². The van der Waals surface area contributed by atoms with Gasteiger partial charge in [0.05, 0.1) is 18.7 Å². The molecule has 0 radical (unpaired) electrons. The number of nitrogens with zero attached hydrogens (tertiary/aromatic N) is 5. The third-order valence-corrected chi connectivity index (χ3v) is 4.98. The van der Waals surface area contributed by atoms with E-state index in [2.05, 4.69) is 27.4 Å². The SMILES string of the molecule is CCCCOC(=O)NCC#Cc1ccc2c(N(C)c3ccccc3)nc3nncn3c2c1. The Bertz CT molecular complexity index is 1290. The van der Waals surface area contributed by atoms with Crippen molar-refractivity contribution in [1.82, 2.24) is 24.9 Å². The number of amides is 1. The van der Waals surface area contributed by atoms with E-state index >= 15 is 0 Å². The maximum Gasteiger partial charge on any atom is 0.407 e. The number of hydrogen-bond donors (Lipinski definition) is 1. The van der Waals surface area contributed by atoms with E-state index in [1.54, 1.807) is 6.33 Å². The summed E-state index contributed by atoms with van der Waals surface area (Å²) in [5, 5.41) is 11.7. The van der Waals surface area contributed by atoms with Crippen molar-refractivity contribution in [2.24, 2.45) is 0 Å². The van der Waals surface area contributed by atoms with Crippen LogP contribution < -0.4 is 10.2 Å². The van der Waals surface area contributed by atoms with Crippen molar-refractivity contribution < 1.29 is 9.53 Å². The predicted molar refractivity (Wildman–Crippen MR) is 124 cm³/mol. The van der Waals surface area contributed by atoms with Crippen molar-refractivity contribution in [2.75, 3.05) is 25.1 Å². The van der Waals surface area contributed by atoms with Crippen molar-refractivity contribution in [1.29, 1.82) is 0 Å². The number of aromatic nitrogens is 4. The number of nitrogens with one attached hydrogen (secondary N) is 1. The summed E-state index contributed by atoms with van der Waals surface area (Å²) in [5.41, 5.74) is 2.73. The quantitative estimate of drug-likeness (QED) is 0.370. The van der Waals surface area contributed by atoms with Gasteiger partial charge in [0.1, 0.15) is 12.1 Å². The molecule has 0 saturated carbocycles. The van der Waals surface area contributed by atoms with Crippen molar-refractivity contribution in [3.05, 3.63) is 60.4 Å². The van der Waals surface area contributed by atoms with Gasteiger partial charge in [0.15, 0.2) is 0 Å². The summed E-state index contributed by atoms with van der Waals surface area (Å²) in [6, 6.07) is 15.9. The molecule has 0 aliphatic heterocycles. The Morgan fingerprint density at radius 1 is 1.22 bits per heavy atom. The molecule has 2 aromatic carbocycles. The fourth-order valence-electron chi connectivity index (χ4n) is 3.28. The summed E-state index contributed by atoms with van der Waals surface area (Å²) < 4.78 is 6.90. The van der Waals surface area contributed by atoms with Gasteiger partial charge in [0.2, 0.25) is 0 Å². The van der Waals surface area contributed by atoms with Crippen LogP contribution in [-0.4, -0.2) is 45.9 Å². The van der Waals surface area contributed by atoms with Crippen molar-refractivity contribution >= 4 is 34.3 Å². The van der Waals surface area contributed by atoms with Crippen LogP contribution in [0.5, 0.6) is 0 Å². The topological polar surface area (TPSA) is 84.6 Å². The molecule has 4 rings (SSSR count). The lowest BCUT2D eigenvalue weighted by molar-refractivity contribution is 0.146. The number of unbranched alkanes of at least 4 members (excludes halogenated alkanes) is 1. The number of benzene rings is 2. The Balaban J connectivity index is 1.60. The number of hydrogen-bond acceptors (Lipinski definition) is 6. The summed E-state index contributed by atoms with van der Waals surface area (Å²) in [4.78, 5) is 18.3. The number of alkyl carbamates (subject to hydrolysis) is 1. The van der Waals surface area contributed by atoms with Gasteiger partial charge in [-0.3, -0.25) is 4.40 Å². The average molecular weight is 428 g/mol. The Morgan fingerprint density at radius 3 is 2.88 bits per heavy atom. The molecular formula is C24H24N6O2. The van der Waals surface area contributed by atoms with E-state index in [4.69, 9.17) is 9.72 Å². The molecule has 0 saturated heterocycles. The van der Waals surface area contributed by atoms with E-state index in [-0.39, 0.29) is 6.54 Å². The van der Waals surface area contributed by atoms with Crippen LogP contribution in [0.25, 0.3) is 16.7 Å². The molecule has 0 unspecified atom stereocenters. The van der Waals surface area contributed by atoms with Crippen LogP contribution in [0.3, 0.4) is 0 Å². The molecule has 162 valence electrons. The molecule has 0 aliphatic carbocycles.